The van der Waals surface area contributed by atoms with Gasteiger partial charge in [-0.25, -0.2) is 4.98 Å². The van der Waals surface area contributed by atoms with Crippen LogP contribution in [0.1, 0.15) is 22.1 Å². The smallest absolute Gasteiger partial charge is 0.257 e. The van der Waals surface area contributed by atoms with Crippen LogP contribution in [0.25, 0.3) is 0 Å². The third kappa shape index (κ3) is 1.97. The van der Waals surface area contributed by atoms with Crippen molar-refractivity contribution in [1.29, 1.82) is 0 Å². The largest absolute Gasteiger partial charge is 0.472 e. The van der Waals surface area contributed by atoms with Gasteiger partial charge in [0.15, 0.2) is 0 Å². The van der Waals surface area contributed by atoms with Crippen LogP contribution in [0.5, 0.6) is 0 Å². The van der Waals surface area contributed by atoms with E-state index in [-0.39, 0.29) is 11.8 Å². The van der Waals surface area contributed by atoms with E-state index in [0.29, 0.717) is 18.7 Å². The number of imidazole rings is 1. The third-order valence-electron chi connectivity index (χ3n) is 3.43. The number of carbonyl (C=O) groups is 2. The Hall–Kier alpha value is -2.57. The van der Waals surface area contributed by atoms with E-state index in [4.69, 9.17) is 4.42 Å². The summed E-state index contributed by atoms with van der Waals surface area (Å²) in [7, 11) is 1.58. The summed E-state index contributed by atoms with van der Waals surface area (Å²) in [5.41, 5.74) is 1.32. The van der Waals surface area contributed by atoms with Gasteiger partial charge in [-0.2, -0.15) is 0 Å². The third-order valence-corrected chi connectivity index (χ3v) is 3.43. The highest BCUT2D eigenvalue weighted by Gasteiger charge is 2.32. The Morgan fingerprint density at radius 3 is 3.05 bits per heavy atom. The van der Waals surface area contributed by atoms with Gasteiger partial charge in [0.1, 0.15) is 12.3 Å². The molecule has 3 rings (SSSR count). The highest BCUT2D eigenvalue weighted by Crippen LogP contribution is 2.22. The number of hydrogen-bond donors (Lipinski definition) is 1. The van der Waals surface area contributed by atoms with Crippen LogP contribution in [0.15, 0.2) is 35.5 Å². The average Bonchev–Trinajstić information content (AvgIpc) is 3.15. The molecule has 0 saturated heterocycles. The van der Waals surface area contributed by atoms with Crippen LogP contribution >= 0.6 is 0 Å². The van der Waals surface area contributed by atoms with Crippen molar-refractivity contribution >= 4 is 11.8 Å². The van der Waals surface area contributed by atoms with Gasteiger partial charge < -0.3 is 19.2 Å². The van der Waals surface area contributed by atoms with E-state index in [0.717, 1.165) is 5.69 Å². The van der Waals surface area contributed by atoms with Crippen molar-refractivity contribution in [2.24, 2.45) is 0 Å². The first kappa shape index (κ1) is 12.5. The number of aromatic nitrogens is 2. The number of hydrogen-bond acceptors (Lipinski definition) is 4. The molecular formula is C13H14N4O3. The number of amides is 2. The van der Waals surface area contributed by atoms with Gasteiger partial charge in [-0.05, 0) is 6.07 Å². The standard InChI is InChI=1S/C13H14N4O3/c1-14-12(18)11-6-16(5-10-4-15-8-17(10)11)13(19)9-2-3-20-7-9/h2-4,7-8,11H,5-6H2,1H3,(H,14,18). The average molecular weight is 274 g/mol. The second-order valence-corrected chi connectivity index (χ2v) is 4.62. The number of nitrogens with zero attached hydrogens (tertiary/aromatic N) is 3. The minimum absolute atomic E-state index is 0.144. The summed E-state index contributed by atoms with van der Waals surface area (Å²) >= 11 is 0. The number of likely N-dealkylation sites (N-methyl/N-ethyl adjacent to an activating group) is 1. The van der Waals surface area contributed by atoms with Crippen molar-refractivity contribution in [3.8, 4) is 0 Å². The molecule has 0 spiro atoms. The van der Waals surface area contributed by atoms with Crippen molar-refractivity contribution in [2.75, 3.05) is 13.6 Å². The molecule has 7 heteroatoms. The zero-order valence-corrected chi connectivity index (χ0v) is 10.9. The van der Waals surface area contributed by atoms with Crippen molar-refractivity contribution in [3.63, 3.8) is 0 Å². The summed E-state index contributed by atoms with van der Waals surface area (Å²) < 4.78 is 6.74. The fourth-order valence-corrected chi connectivity index (χ4v) is 2.39. The monoisotopic (exact) mass is 274 g/mol. The molecule has 2 aromatic rings. The lowest BCUT2D eigenvalue weighted by Crippen LogP contribution is -2.45. The van der Waals surface area contributed by atoms with Gasteiger partial charge in [-0.3, -0.25) is 9.59 Å². The maximum atomic E-state index is 12.4. The Kier molecular flexibility index (Phi) is 3.02. The molecule has 0 radical (unpaired) electrons. The van der Waals surface area contributed by atoms with Crippen molar-refractivity contribution in [3.05, 3.63) is 42.4 Å². The van der Waals surface area contributed by atoms with Crippen LogP contribution < -0.4 is 5.32 Å². The first-order valence-corrected chi connectivity index (χ1v) is 6.24. The van der Waals surface area contributed by atoms with Crippen LogP contribution in [-0.4, -0.2) is 39.9 Å². The first-order chi connectivity index (χ1) is 9.70. The molecule has 0 bridgehead atoms. The molecule has 2 amide bonds. The Morgan fingerprint density at radius 1 is 1.50 bits per heavy atom. The fraction of sp³-hybridized carbons (Fsp3) is 0.308. The molecule has 0 aromatic carbocycles. The Bertz CT molecular complexity index is 632. The molecule has 104 valence electrons. The van der Waals surface area contributed by atoms with Gasteiger partial charge in [0.05, 0.1) is 36.9 Å². The summed E-state index contributed by atoms with van der Waals surface area (Å²) in [5.74, 6) is -0.297. The predicted octanol–water partition coefficient (Wildman–Crippen LogP) is 0.419. The van der Waals surface area contributed by atoms with Gasteiger partial charge in [0.25, 0.3) is 5.91 Å². The van der Waals surface area contributed by atoms with Crippen molar-refractivity contribution in [1.82, 2.24) is 19.8 Å². The lowest BCUT2D eigenvalue weighted by molar-refractivity contribution is -0.124. The zero-order valence-electron chi connectivity index (χ0n) is 10.9. The minimum atomic E-state index is -0.456. The molecule has 0 aliphatic carbocycles. The second-order valence-electron chi connectivity index (χ2n) is 4.62. The van der Waals surface area contributed by atoms with E-state index in [1.165, 1.54) is 12.5 Å². The van der Waals surface area contributed by atoms with Gasteiger partial charge >= 0.3 is 0 Å². The summed E-state index contributed by atoms with van der Waals surface area (Å²) in [5, 5.41) is 2.62. The van der Waals surface area contributed by atoms with Crippen LogP contribution in [0.4, 0.5) is 0 Å². The summed E-state index contributed by atoms with van der Waals surface area (Å²) in [6, 6.07) is 1.16. The second kappa shape index (κ2) is 4.84. The Morgan fingerprint density at radius 2 is 2.35 bits per heavy atom. The molecular weight excluding hydrogens is 260 g/mol. The summed E-state index contributed by atoms with van der Waals surface area (Å²) in [6.45, 7) is 0.741. The SMILES string of the molecule is CNC(=O)C1CN(C(=O)c2ccoc2)Cc2cncn21. The molecule has 7 nitrogen and oxygen atoms in total. The molecule has 1 aliphatic rings. The maximum absolute atomic E-state index is 12.4. The van der Waals surface area contributed by atoms with Gasteiger partial charge in [0.2, 0.25) is 5.91 Å². The van der Waals surface area contributed by atoms with E-state index in [2.05, 4.69) is 10.3 Å². The highest BCUT2D eigenvalue weighted by atomic mass is 16.3. The topological polar surface area (TPSA) is 80.4 Å². The van der Waals surface area contributed by atoms with E-state index in [1.807, 2.05) is 0 Å². The van der Waals surface area contributed by atoms with E-state index in [9.17, 15) is 9.59 Å². The molecule has 0 saturated carbocycles. The molecule has 2 aromatic heterocycles. The number of nitrogens with one attached hydrogen (secondary N) is 1. The first-order valence-electron chi connectivity index (χ1n) is 6.24. The molecule has 1 atom stereocenters. The summed E-state index contributed by atoms with van der Waals surface area (Å²) in [6.07, 6.45) is 6.15. The fourth-order valence-electron chi connectivity index (χ4n) is 2.39. The molecule has 3 heterocycles. The van der Waals surface area contributed by atoms with Crippen molar-refractivity contribution in [2.45, 2.75) is 12.6 Å². The van der Waals surface area contributed by atoms with E-state index in [1.54, 1.807) is 35.1 Å². The normalized spacial score (nSPS) is 17.6. The predicted molar refractivity (Wildman–Crippen MR) is 68.8 cm³/mol. The van der Waals surface area contributed by atoms with E-state index >= 15 is 0 Å². The van der Waals surface area contributed by atoms with Gasteiger partial charge in [-0.1, -0.05) is 0 Å². The minimum Gasteiger partial charge on any atom is -0.472 e. The van der Waals surface area contributed by atoms with Crippen LogP contribution in [0.3, 0.4) is 0 Å². The van der Waals surface area contributed by atoms with Crippen molar-refractivity contribution < 1.29 is 14.0 Å². The Labute approximate surface area is 115 Å². The van der Waals surface area contributed by atoms with Crippen LogP contribution in [-0.2, 0) is 11.3 Å². The molecule has 1 unspecified atom stereocenters. The van der Waals surface area contributed by atoms with Crippen LogP contribution in [0.2, 0.25) is 0 Å². The Balaban J connectivity index is 1.90. The molecule has 1 N–H and O–H groups in total. The van der Waals surface area contributed by atoms with Gasteiger partial charge in [0, 0.05) is 13.2 Å². The quantitative estimate of drug-likeness (QED) is 0.860. The zero-order chi connectivity index (χ0) is 14.1. The van der Waals surface area contributed by atoms with E-state index < -0.39 is 6.04 Å². The highest BCUT2D eigenvalue weighted by molar-refractivity contribution is 5.94. The number of fused-ring (bicyclic) bond motifs is 1. The number of carbonyl (C=O) groups excluding carboxylic acids is 2. The maximum Gasteiger partial charge on any atom is 0.257 e. The van der Waals surface area contributed by atoms with Gasteiger partial charge in [-0.15, -0.1) is 0 Å². The molecule has 1 aliphatic heterocycles. The lowest BCUT2D eigenvalue weighted by Gasteiger charge is -2.33. The molecule has 20 heavy (non-hydrogen) atoms. The van der Waals surface area contributed by atoms with Crippen LogP contribution in [0, 0.1) is 0 Å². The summed E-state index contributed by atoms with van der Waals surface area (Å²) in [4.78, 5) is 30.0. The number of furan rings is 1. The number of rotatable bonds is 2. The lowest BCUT2D eigenvalue weighted by atomic mass is 10.1. The molecule has 0 fully saturated rings.